The molecule has 5 heteroatoms. The van der Waals surface area contributed by atoms with Gasteiger partial charge in [-0.15, -0.1) is 0 Å². The molecule has 5 nitrogen and oxygen atoms in total. The van der Waals surface area contributed by atoms with E-state index in [0.717, 1.165) is 17.7 Å². The van der Waals surface area contributed by atoms with Gasteiger partial charge in [-0.2, -0.15) is 0 Å². The first kappa shape index (κ1) is 14.4. The molecule has 0 spiro atoms. The number of benzene rings is 1. The molecule has 1 aliphatic rings. The smallest absolute Gasteiger partial charge is 0.328 e. The van der Waals surface area contributed by atoms with E-state index in [1.54, 1.807) is 4.90 Å². The zero-order valence-electron chi connectivity index (χ0n) is 12.0. The lowest BCUT2D eigenvalue weighted by Gasteiger charge is -2.35. The van der Waals surface area contributed by atoms with Crippen LogP contribution in [0.2, 0.25) is 0 Å². The summed E-state index contributed by atoms with van der Waals surface area (Å²) < 4.78 is 0. The second kappa shape index (κ2) is 5.15. The summed E-state index contributed by atoms with van der Waals surface area (Å²) in [5.41, 5.74) is 0.700. The van der Waals surface area contributed by atoms with Crippen molar-refractivity contribution in [1.29, 1.82) is 0 Å². The number of para-hydroxylation sites is 1. The number of amides is 2. The zero-order chi connectivity index (χ0) is 14.9. The predicted octanol–water partition coefficient (Wildman–Crippen LogP) is 2.26. The number of nitrogens with one attached hydrogen (secondary N) is 1. The number of nitrogens with zero attached hydrogens (tertiary/aromatic N) is 1. The molecule has 2 N–H and O–H groups in total. The van der Waals surface area contributed by atoms with E-state index in [-0.39, 0.29) is 6.03 Å². The lowest BCUT2D eigenvalue weighted by atomic mass is 9.94. The van der Waals surface area contributed by atoms with Crippen LogP contribution in [0.3, 0.4) is 0 Å². The monoisotopic (exact) mass is 276 g/mol. The number of hydrogen-bond donors (Lipinski definition) is 2. The Bertz CT molecular complexity index is 540. The first-order valence-corrected chi connectivity index (χ1v) is 6.72. The van der Waals surface area contributed by atoms with Gasteiger partial charge in [0, 0.05) is 12.2 Å². The summed E-state index contributed by atoms with van der Waals surface area (Å²) in [6, 6.07) is 7.38. The highest BCUT2D eigenvalue weighted by atomic mass is 16.4. The average Bonchev–Trinajstić information content (AvgIpc) is 2.36. The molecule has 1 aromatic rings. The largest absolute Gasteiger partial charge is 0.480 e. The molecule has 20 heavy (non-hydrogen) atoms. The van der Waals surface area contributed by atoms with Crippen molar-refractivity contribution in [2.24, 2.45) is 5.92 Å². The van der Waals surface area contributed by atoms with Crippen molar-refractivity contribution < 1.29 is 14.7 Å². The first-order valence-electron chi connectivity index (χ1n) is 6.72. The highest BCUT2D eigenvalue weighted by Crippen LogP contribution is 2.29. The molecule has 0 saturated heterocycles. The lowest BCUT2D eigenvalue weighted by molar-refractivity contribution is -0.142. The molecule has 0 saturated carbocycles. The average molecular weight is 276 g/mol. The van der Waals surface area contributed by atoms with E-state index < -0.39 is 11.5 Å². The van der Waals surface area contributed by atoms with Gasteiger partial charge in [0.1, 0.15) is 5.54 Å². The Kier molecular flexibility index (Phi) is 3.70. The molecule has 1 aliphatic heterocycles. The minimum Gasteiger partial charge on any atom is -0.480 e. The molecule has 108 valence electrons. The third-order valence-corrected chi connectivity index (χ3v) is 3.54. The fourth-order valence-corrected chi connectivity index (χ4v) is 2.38. The van der Waals surface area contributed by atoms with Gasteiger partial charge in [-0.25, -0.2) is 9.59 Å². The Morgan fingerprint density at radius 2 is 2.00 bits per heavy atom. The van der Waals surface area contributed by atoms with Crippen molar-refractivity contribution in [2.45, 2.75) is 32.7 Å². The van der Waals surface area contributed by atoms with Gasteiger partial charge in [0.05, 0.1) is 0 Å². The van der Waals surface area contributed by atoms with Gasteiger partial charge in [0.2, 0.25) is 0 Å². The van der Waals surface area contributed by atoms with E-state index in [1.807, 2.05) is 24.3 Å². The number of rotatable bonds is 2. The standard InChI is InChI=1S/C15H20N2O3/c1-10-8-11-6-4-5-7-12(11)17(9-10)14(20)16-15(2,3)13(18)19/h4-7,10H,8-9H2,1-3H3,(H,16,20)(H,18,19). The number of anilines is 1. The minimum absolute atomic E-state index is 0.351. The van der Waals surface area contributed by atoms with Crippen molar-refractivity contribution in [3.8, 4) is 0 Å². The molecular weight excluding hydrogens is 256 g/mol. The Labute approximate surface area is 118 Å². The predicted molar refractivity (Wildman–Crippen MR) is 76.9 cm³/mol. The molecule has 0 radical (unpaired) electrons. The van der Waals surface area contributed by atoms with E-state index in [0.29, 0.717) is 12.5 Å². The molecule has 0 bridgehead atoms. The van der Waals surface area contributed by atoms with E-state index >= 15 is 0 Å². The van der Waals surface area contributed by atoms with Crippen LogP contribution in [0.5, 0.6) is 0 Å². The summed E-state index contributed by atoms with van der Waals surface area (Å²) in [7, 11) is 0. The Morgan fingerprint density at radius 3 is 2.65 bits per heavy atom. The molecule has 0 aromatic heterocycles. The van der Waals surface area contributed by atoms with Crippen LogP contribution in [-0.4, -0.2) is 29.2 Å². The molecule has 1 aromatic carbocycles. The van der Waals surface area contributed by atoms with E-state index in [9.17, 15) is 9.59 Å². The van der Waals surface area contributed by atoms with Gasteiger partial charge in [-0.05, 0) is 37.8 Å². The molecule has 1 unspecified atom stereocenters. The summed E-state index contributed by atoms with van der Waals surface area (Å²) in [5.74, 6) is -0.701. The van der Waals surface area contributed by atoms with Crippen LogP contribution in [0.25, 0.3) is 0 Å². The molecule has 2 amide bonds. The number of carbonyl (C=O) groups excluding carboxylic acids is 1. The second-order valence-corrected chi connectivity index (χ2v) is 5.91. The number of urea groups is 1. The molecule has 1 atom stereocenters. The quantitative estimate of drug-likeness (QED) is 0.870. The summed E-state index contributed by atoms with van der Waals surface area (Å²) in [4.78, 5) is 25.1. The normalized spacial score (nSPS) is 18.4. The molecular formula is C15H20N2O3. The van der Waals surface area contributed by atoms with Crippen molar-refractivity contribution in [3.05, 3.63) is 29.8 Å². The topological polar surface area (TPSA) is 69.6 Å². The lowest BCUT2D eigenvalue weighted by Crippen LogP contribution is -2.55. The number of carboxylic acid groups (broad SMARTS) is 1. The molecule has 1 heterocycles. The summed E-state index contributed by atoms with van der Waals surface area (Å²) in [6.07, 6.45) is 0.933. The maximum Gasteiger partial charge on any atom is 0.328 e. The maximum atomic E-state index is 12.4. The number of hydrogen-bond acceptors (Lipinski definition) is 2. The van der Waals surface area contributed by atoms with E-state index in [4.69, 9.17) is 5.11 Å². The SMILES string of the molecule is CC1Cc2ccccc2N(C(=O)NC(C)(C)C(=O)O)C1. The van der Waals surface area contributed by atoms with Gasteiger partial charge < -0.3 is 10.4 Å². The van der Waals surface area contributed by atoms with Gasteiger partial charge >= 0.3 is 12.0 Å². The van der Waals surface area contributed by atoms with Gasteiger partial charge in [0.15, 0.2) is 0 Å². The Morgan fingerprint density at radius 1 is 1.35 bits per heavy atom. The minimum atomic E-state index is -1.29. The van der Waals surface area contributed by atoms with Crippen LogP contribution in [0.4, 0.5) is 10.5 Å². The van der Waals surface area contributed by atoms with Crippen molar-refractivity contribution in [2.75, 3.05) is 11.4 Å². The first-order chi connectivity index (χ1) is 9.31. The van der Waals surface area contributed by atoms with Crippen LogP contribution in [-0.2, 0) is 11.2 Å². The third-order valence-electron chi connectivity index (χ3n) is 3.54. The summed E-state index contributed by atoms with van der Waals surface area (Å²) >= 11 is 0. The number of carbonyl (C=O) groups is 2. The van der Waals surface area contributed by atoms with Gasteiger partial charge in [0.25, 0.3) is 0 Å². The van der Waals surface area contributed by atoms with Crippen LogP contribution in [0.15, 0.2) is 24.3 Å². The van der Waals surface area contributed by atoms with Crippen LogP contribution >= 0.6 is 0 Å². The summed E-state index contributed by atoms with van der Waals surface area (Å²) in [5, 5.41) is 11.7. The van der Waals surface area contributed by atoms with Crippen molar-refractivity contribution >= 4 is 17.7 Å². The molecule has 0 fully saturated rings. The second-order valence-electron chi connectivity index (χ2n) is 5.91. The van der Waals surface area contributed by atoms with Gasteiger partial charge in [-0.1, -0.05) is 25.1 Å². The van der Waals surface area contributed by atoms with Gasteiger partial charge in [-0.3, -0.25) is 4.90 Å². The fourth-order valence-electron chi connectivity index (χ4n) is 2.38. The molecule has 2 rings (SSSR count). The van der Waals surface area contributed by atoms with E-state index in [1.165, 1.54) is 13.8 Å². The molecule has 0 aliphatic carbocycles. The number of carboxylic acids is 1. The summed E-state index contributed by atoms with van der Waals surface area (Å²) in [6.45, 7) is 5.64. The van der Waals surface area contributed by atoms with Crippen LogP contribution < -0.4 is 10.2 Å². The maximum absolute atomic E-state index is 12.4. The van der Waals surface area contributed by atoms with Crippen molar-refractivity contribution in [3.63, 3.8) is 0 Å². The van der Waals surface area contributed by atoms with Crippen LogP contribution in [0.1, 0.15) is 26.3 Å². The van der Waals surface area contributed by atoms with Crippen LogP contribution in [0, 0.1) is 5.92 Å². The zero-order valence-corrected chi connectivity index (χ0v) is 12.0. The Balaban J connectivity index is 2.25. The number of fused-ring (bicyclic) bond motifs is 1. The highest BCUT2D eigenvalue weighted by molar-refractivity contribution is 5.96. The highest BCUT2D eigenvalue weighted by Gasteiger charge is 2.33. The fraction of sp³-hybridized carbons (Fsp3) is 0.467. The van der Waals surface area contributed by atoms with Crippen molar-refractivity contribution in [1.82, 2.24) is 5.32 Å². The Hall–Kier alpha value is -2.04. The number of aliphatic carboxylic acids is 1. The van der Waals surface area contributed by atoms with E-state index in [2.05, 4.69) is 12.2 Å². The third kappa shape index (κ3) is 2.76.